The van der Waals surface area contributed by atoms with Gasteiger partial charge < -0.3 is 15.3 Å². The number of fused-ring (bicyclic) bond motifs is 1. The predicted molar refractivity (Wildman–Crippen MR) is 103 cm³/mol. The molecule has 0 saturated carbocycles. The first-order valence-corrected chi connectivity index (χ1v) is 9.15. The van der Waals surface area contributed by atoms with Crippen LogP contribution in [0.15, 0.2) is 43.0 Å². The standard InChI is InChI=1S/C14H19N5O2.C5H4FN/c1-10(20)8-15-14(21)11-9-16-19-7-4-12(17-13(11)19)18-5-2-3-6-18;6-5-2-1-3-7-4-5/h4,7,9-10,20H,2-3,5-6,8H2,1H3,(H,15,21);1-4H. The van der Waals surface area contributed by atoms with Crippen LogP contribution in [0.25, 0.3) is 5.65 Å². The first-order chi connectivity index (χ1) is 13.5. The Morgan fingerprint density at radius 1 is 1.32 bits per heavy atom. The van der Waals surface area contributed by atoms with Crippen LogP contribution in [0.5, 0.6) is 0 Å². The Morgan fingerprint density at radius 2 is 2.11 bits per heavy atom. The largest absolute Gasteiger partial charge is 0.392 e. The molecule has 0 bridgehead atoms. The number of anilines is 1. The molecule has 1 aliphatic heterocycles. The van der Waals surface area contributed by atoms with E-state index in [2.05, 4.69) is 25.3 Å². The summed E-state index contributed by atoms with van der Waals surface area (Å²) in [6, 6.07) is 4.82. The summed E-state index contributed by atoms with van der Waals surface area (Å²) >= 11 is 0. The number of halogens is 1. The number of nitrogens with one attached hydrogen (secondary N) is 1. The summed E-state index contributed by atoms with van der Waals surface area (Å²) in [5, 5.41) is 16.1. The summed E-state index contributed by atoms with van der Waals surface area (Å²) in [5.74, 6) is 0.324. The van der Waals surface area contributed by atoms with Crippen LogP contribution in [0, 0.1) is 5.82 Å². The highest BCUT2D eigenvalue weighted by Gasteiger charge is 2.18. The van der Waals surface area contributed by atoms with Gasteiger partial charge in [-0.15, -0.1) is 0 Å². The van der Waals surface area contributed by atoms with Crippen LogP contribution in [0.2, 0.25) is 0 Å². The molecule has 8 nitrogen and oxygen atoms in total. The van der Waals surface area contributed by atoms with E-state index in [-0.39, 0.29) is 18.3 Å². The monoisotopic (exact) mass is 386 g/mol. The Hall–Kier alpha value is -3.07. The fourth-order valence-electron chi connectivity index (χ4n) is 2.82. The zero-order valence-corrected chi connectivity index (χ0v) is 15.6. The van der Waals surface area contributed by atoms with Crippen molar-refractivity contribution < 1.29 is 14.3 Å². The van der Waals surface area contributed by atoms with Gasteiger partial charge in [-0.2, -0.15) is 5.10 Å². The number of hydrogen-bond acceptors (Lipinski definition) is 6. The lowest BCUT2D eigenvalue weighted by Crippen LogP contribution is -2.30. The van der Waals surface area contributed by atoms with E-state index in [0.717, 1.165) is 18.9 Å². The van der Waals surface area contributed by atoms with Crippen LogP contribution in [-0.4, -0.2) is 56.3 Å². The van der Waals surface area contributed by atoms with Gasteiger partial charge in [0.05, 0.1) is 18.5 Å². The first-order valence-electron chi connectivity index (χ1n) is 9.15. The molecule has 28 heavy (non-hydrogen) atoms. The van der Waals surface area contributed by atoms with Crippen LogP contribution in [0.3, 0.4) is 0 Å². The lowest BCUT2D eigenvalue weighted by atomic mass is 10.3. The molecule has 4 rings (SSSR count). The molecule has 1 aliphatic rings. The van der Waals surface area contributed by atoms with E-state index in [1.54, 1.807) is 17.5 Å². The van der Waals surface area contributed by atoms with Gasteiger partial charge in [-0.1, -0.05) is 0 Å². The van der Waals surface area contributed by atoms with Crippen LogP contribution in [0.4, 0.5) is 10.2 Å². The van der Waals surface area contributed by atoms with E-state index >= 15 is 0 Å². The maximum Gasteiger partial charge on any atom is 0.256 e. The number of pyridine rings is 1. The van der Waals surface area contributed by atoms with Gasteiger partial charge in [0.15, 0.2) is 5.65 Å². The number of aliphatic hydroxyl groups is 1. The zero-order chi connectivity index (χ0) is 19.9. The normalized spacial score (nSPS) is 14.5. The number of hydrogen-bond donors (Lipinski definition) is 2. The summed E-state index contributed by atoms with van der Waals surface area (Å²) in [5.41, 5.74) is 0.971. The fourth-order valence-corrected chi connectivity index (χ4v) is 2.82. The highest BCUT2D eigenvalue weighted by atomic mass is 19.1. The minimum atomic E-state index is -0.580. The van der Waals surface area contributed by atoms with Crippen LogP contribution < -0.4 is 10.2 Å². The fraction of sp³-hybridized carbons (Fsp3) is 0.368. The molecule has 1 amide bonds. The van der Waals surface area contributed by atoms with Gasteiger partial charge in [-0.25, -0.2) is 13.9 Å². The van der Waals surface area contributed by atoms with Gasteiger partial charge >= 0.3 is 0 Å². The predicted octanol–water partition coefficient (Wildman–Crippen LogP) is 1.66. The quantitative estimate of drug-likeness (QED) is 0.708. The molecular formula is C19H23FN6O2. The van der Waals surface area contributed by atoms with E-state index in [4.69, 9.17) is 0 Å². The molecule has 148 valence electrons. The third kappa shape index (κ3) is 5.01. The molecule has 3 aromatic rings. The van der Waals surface area contributed by atoms with Gasteiger partial charge in [0.25, 0.3) is 5.91 Å². The van der Waals surface area contributed by atoms with Crippen molar-refractivity contribution >= 4 is 17.4 Å². The Balaban J connectivity index is 0.000000271. The molecule has 1 saturated heterocycles. The number of nitrogens with zero attached hydrogens (tertiary/aromatic N) is 5. The van der Waals surface area contributed by atoms with Crippen LogP contribution >= 0.6 is 0 Å². The molecule has 0 aliphatic carbocycles. The lowest BCUT2D eigenvalue weighted by molar-refractivity contribution is 0.0925. The Bertz CT molecular complexity index is 909. The molecule has 0 spiro atoms. The minimum Gasteiger partial charge on any atom is -0.392 e. The molecule has 9 heteroatoms. The van der Waals surface area contributed by atoms with Crippen molar-refractivity contribution in [3.05, 3.63) is 54.4 Å². The highest BCUT2D eigenvalue weighted by Crippen LogP contribution is 2.19. The average molecular weight is 386 g/mol. The summed E-state index contributed by atoms with van der Waals surface area (Å²) < 4.78 is 13.4. The van der Waals surface area contributed by atoms with Crippen molar-refractivity contribution in [1.29, 1.82) is 0 Å². The maximum atomic E-state index is 12.1. The second kappa shape index (κ2) is 9.23. The number of carbonyl (C=O) groups excluding carboxylic acids is 1. The van der Waals surface area contributed by atoms with Gasteiger partial charge in [0.1, 0.15) is 17.2 Å². The molecule has 3 aromatic heterocycles. The molecular weight excluding hydrogens is 363 g/mol. The SMILES string of the molecule is CC(O)CNC(=O)c1cnn2ccc(N3CCCC3)nc12.Fc1cccnc1. The van der Waals surface area contributed by atoms with Gasteiger partial charge in [-0.05, 0) is 38.0 Å². The summed E-state index contributed by atoms with van der Waals surface area (Å²) in [4.78, 5) is 22.4. The zero-order valence-electron chi connectivity index (χ0n) is 15.6. The highest BCUT2D eigenvalue weighted by molar-refractivity contribution is 5.99. The third-order valence-electron chi connectivity index (χ3n) is 4.21. The van der Waals surface area contributed by atoms with Gasteiger partial charge in [0.2, 0.25) is 0 Å². The first kappa shape index (κ1) is 19.7. The van der Waals surface area contributed by atoms with Crippen molar-refractivity contribution in [1.82, 2.24) is 24.9 Å². The number of rotatable bonds is 4. The topological polar surface area (TPSA) is 95.6 Å². The van der Waals surface area contributed by atoms with Gasteiger partial charge in [-0.3, -0.25) is 9.78 Å². The van der Waals surface area contributed by atoms with E-state index in [1.165, 1.54) is 37.5 Å². The van der Waals surface area contributed by atoms with Crippen LogP contribution in [-0.2, 0) is 0 Å². The smallest absolute Gasteiger partial charge is 0.256 e. The average Bonchev–Trinajstić information content (AvgIpc) is 3.36. The summed E-state index contributed by atoms with van der Waals surface area (Å²) in [6.45, 7) is 3.84. The van der Waals surface area contributed by atoms with Crippen LogP contribution in [0.1, 0.15) is 30.1 Å². The number of aromatic nitrogens is 4. The van der Waals surface area contributed by atoms with Crippen molar-refractivity contribution in [3.8, 4) is 0 Å². The van der Waals surface area contributed by atoms with Crippen molar-refractivity contribution in [2.75, 3.05) is 24.5 Å². The van der Waals surface area contributed by atoms with Crippen molar-refractivity contribution in [2.45, 2.75) is 25.9 Å². The van der Waals surface area contributed by atoms with E-state index in [0.29, 0.717) is 11.2 Å². The van der Waals surface area contributed by atoms with E-state index in [1.807, 2.05) is 12.3 Å². The maximum absolute atomic E-state index is 12.1. The van der Waals surface area contributed by atoms with Crippen molar-refractivity contribution in [3.63, 3.8) is 0 Å². The molecule has 0 aromatic carbocycles. The molecule has 4 heterocycles. The molecule has 1 unspecified atom stereocenters. The second-order valence-corrected chi connectivity index (χ2v) is 6.54. The molecule has 0 radical (unpaired) electrons. The minimum absolute atomic E-state index is 0.210. The van der Waals surface area contributed by atoms with Gasteiger partial charge in [0, 0.05) is 32.0 Å². The Kier molecular flexibility index (Phi) is 6.49. The molecule has 1 fully saturated rings. The Morgan fingerprint density at radius 3 is 2.71 bits per heavy atom. The van der Waals surface area contributed by atoms with Crippen molar-refractivity contribution in [2.24, 2.45) is 0 Å². The number of aliphatic hydroxyl groups excluding tert-OH is 1. The Labute approximate surface area is 162 Å². The number of amides is 1. The number of carbonyl (C=O) groups is 1. The molecule has 2 N–H and O–H groups in total. The molecule has 1 atom stereocenters. The summed E-state index contributed by atoms with van der Waals surface area (Å²) in [7, 11) is 0. The second-order valence-electron chi connectivity index (χ2n) is 6.54. The lowest BCUT2D eigenvalue weighted by Gasteiger charge is -2.16. The third-order valence-corrected chi connectivity index (χ3v) is 4.21. The van der Waals surface area contributed by atoms with E-state index < -0.39 is 6.10 Å². The summed E-state index contributed by atoms with van der Waals surface area (Å²) in [6.07, 6.45) is 7.79. The van der Waals surface area contributed by atoms with E-state index in [9.17, 15) is 14.3 Å².